The molecule has 0 amide bonds. The Hall–Kier alpha value is -5.60. The van der Waals surface area contributed by atoms with E-state index in [0.717, 1.165) is 56.7 Å². The zero-order valence-electron chi connectivity index (χ0n) is 23.6. The number of pyridine rings is 2. The molecule has 0 aliphatic heterocycles. The fraction of sp³-hybridized carbons (Fsp3) is 0.176. The summed E-state index contributed by atoms with van der Waals surface area (Å²) in [6.45, 7) is 4.83. The molecule has 6 rings (SSSR count). The zero-order valence-corrected chi connectivity index (χ0v) is 23.6. The fourth-order valence-electron chi connectivity index (χ4n) is 4.68. The van der Waals surface area contributed by atoms with E-state index in [2.05, 4.69) is 22.1 Å². The average Bonchev–Trinajstić information content (AvgIpc) is 3.52. The smallest absolute Gasteiger partial charge is 0.180 e. The van der Waals surface area contributed by atoms with Crippen LogP contribution in [0.15, 0.2) is 97.3 Å². The number of nitriles is 2. The van der Waals surface area contributed by atoms with Crippen LogP contribution in [0.1, 0.15) is 33.9 Å². The first kappa shape index (κ1) is 27.9. The highest BCUT2D eigenvalue weighted by atomic mass is 16.5. The van der Waals surface area contributed by atoms with Crippen LogP contribution in [0, 0.1) is 36.5 Å². The van der Waals surface area contributed by atoms with Crippen molar-refractivity contribution in [3.8, 4) is 23.6 Å². The van der Waals surface area contributed by atoms with Gasteiger partial charge in [-0.2, -0.15) is 10.5 Å². The van der Waals surface area contributed by atoms with Crippen LogP contribution in [0.4, 0.5) is 0 Å². The lowest BCUT2D eigenvalue weighted by Crippen LogP contribution is -1.98. The van der Waals surface area contributed by atoms with Crippen LogP contribution in [-0.4, -0.2) is 18.8 Å². The van der Waals surface area contributed by atoms with Crippen LogP contribution in [-0.2, 0) is 26.1 Å². The van der Waals surface area contributed by atoms with E-state index in [9.17, 15) is 0 Å². The molecule has 0 atom stereocenters. The van der Waals surface area contributed by atoms with Crippen molar-refractivity contribution in [2.75, 3.05) is 0 Å². The van der Waals surface area contributed by atoms with Gasteiger partial charge in [0.2, 0.25) is 0 Å². The van der Waals surface area contributed by atoms with E-state index in [1.54, 1.807) is 0 Å². The van der Waals surface area contributed by atoms with Gasteiger partial charge in [-0.15, -0.1) is 0 Å². The van der Waals surface area contributed by atoms with Crippen LogP contribution in [0.2, 0.25) is 0 Å². The molecule has 6 aromatic rings. The number of ether oxygens (including phenoxy) is 2. The van der Waals surface area contributed by atoms with Crippen LogP contribution in [0.25, 0.3) is 11.3 Å². The van der Waals surface area contributed by atoms with Gasteiger partial charge in [0.25, 0.3) is 0 Å². The predicted molar refractivity (Wildman–Crippen MR) is 160 cm³/mol. The van der Waals surface area contributed by atoms with Crippen molar-refractivity contribution >= 4 is 11.3 Å². The van der Waals surface area contributed by atoms with Crippen molar-refractivity contribution in [3.05, 3.63) is 131 Å². The Morgan fingerprint density at radius 1 is 0.595 bits per heavy atom. The standard InChI is InChI=1S/2C17H15N3O/c2*1-13-15(9-10-18)20-11-5-8-16(17(20)19-13)21-12-14-6-3-2-4-7-14/h2*2-8,11H,9,12H2,1H3. The molecular formula is C34H30N6O2. The Morgan fingerprint density at radius 3 is 1.38 bits per heavy atom. The first-order chi connectivity index (χ1) is 20.6. The fourth-order valence-corrected chi connectivity index (χ4v) is 4.68. The summed E-state index contributed by atoms with van der Waals surface area (Å²) in [5.74, 6) is 1.46. The average molecular weight is 555 g/mol. The number of imidazole rings is 2. The molecule has 2 aromatic carbocycles. The minimum atomic E-state index is 0.342. The lowest BCUT2D eigenvalue weighted by atomic mass is 10.2. The largest absolute Gasteiger partial charge is 0.485 e. The molecule has 0 spiro atoms. The molecule has 0 fully saturated rings. The van der Waals surface area contributed by atoms with Crippen LogP contribution in [0.5, 0.6) is 11.5 Å². The van der Waals surface area contributed by atoms with E-state index < -0.39 is 0 Å². The summed E-state index contributed by atoms with van der Waals surface area (Å²) in [4.78, 5) is 9.06. The number of nitrogens with zero attached hydrogens (tertiary/aromatic N) is 6. The Kier molecular flexibility index (Phi) is 8.76. The number of rotatable bonds is 8. The second-order valence-corrected chi connectivity index (χ2v) is 9.64. The van der Waals surface area contributed by atoms with Gasteiger partial charge in [-0.3, -0.25) is 8.80 Å². The summed E-state index contributed by atoms with van der Waals surface area (Å²) in [5.41, 5.74) is 7.31. The second kappa shape index (κ2) is 13.2. The SMILES string of the molecule is Cc1nc2c(OCc3ccccc3)cccn2c1CC#N.Cc1nc2c(OCc3ccccc3)cccn2c1CC#N. The number of aromatic nitrogens is 4. The summed E-state index contributed by atoms with van der Waals surface area (Å²) in [6, 6.07) is 32.0. The van der Waals surface area contributed by atoms with Crippen molar-refractivity contribution in [1.29, 1.82) is 10.5 Å². The topological polar surface area (TPSA) is 101 Å². The van der Waals surface area contributed by atoms with Crippen molar-refractivity contribution in [3.63, 3.8) is 0 Å². The van der Waals surface area contributed by atoms with Gasteiger partial charge in [0.05, 0.1) is 47.8 Å². The van der Waals surface area contributed by atoms with Gasteiger partial charge in [0.1, 0.15) is 13.2 Å². The third-order valence-corrected chi connectivity index (χ3v) is 6.79. The van der Waals surface area contributed by atoms with Crippen molar-refractivity contribution in [1.82, 2.24) is 18.8 Å². The number of hydrogen-bond donors (Lipinski definition) is 0. The molecule has 4 aromatic heterocycles. The number of fused-ring (bicyclic) bond motifs is 2. The molecule has 0 saturated carbocycles. The van der Waals surface area contributed by atoms with Crippen molar-refractivity contribution in [2.45, 2.75) is 39.9 Å². The van der Waals surface area contributed by atoms with Gasteiger partial charge < -0.3 is 9.47 Å². The van der Waals surface area contributed by atoms with Gasteiger partial charge in [0, 0.05) is 12.4 Å². The Morgan fingerprint density at radius 2 is 1.00 bits per heavy atom. The molecule has 0 aliphatic carbocycles. The first-order valence-corrected chi connectivity index (χ1v) is 13.6. The van der Waals surface area contributed by atoms with E-state index in [4.69, 9.17) is 20.0 Å². The normalized spacial score (nSPS) is 10.5. The van der Waals surface area contributed by atoms with E-state index in [0.29, 0.717) is 26.1 Å². The lowest BCUT2D eigenvalue weighted by Gasteiger charge is -2.07. The maximum atomic E-state index is 8.92. The summed E-state index contributed by atoms with van der Waals surface area (Å²) in [7, 11) is 0. The van der Waals surface area contributed by atoms with Gasteiger partial charge in [-0.1, -0.05) is 60.7 Å². The Bertz CT molecular complexity index is 1740. The molecule has 8 heteroatoms. The molecule has 4 heterocycles. The number of aryl methyl sites for hydroxylation is 2. The number of benzene rings is 2. The Balaban J connectivity index is 0.000000168. The Labute approximate surface area is 244 Å². The van der Waals surface area contributed by atoms with E-state index in [1.165, 1.54) is 0 Å². The highest BCUT2D eigenvalue weighted by Crippen LogP contribution is 2.24. The second-order valence-electron chi connectivity index (χ2n) is 9.64. The van der Waals surface area contributed by atoms with Crippen LogP contribution < -0.4 is 9.47 Å². The molecule has 208 valence electrons. The summed E-state index contributed by atoms with van der Waals surface area (Å²) < 4.78 is 15.6. The van der Waals surface area contributed by atoms with E-state index in [1.807, 2.05) is 120 Å². The summed E-state index contributed by atoms with van der Waals surface area (Å²) >= 11 is 0. The molecule has 0 unspecified atom stereocenters. The molecule has 0 aliphatic rings. The van der Waals surface area contributed by atoms with Gasteiger partial charge >= 0.3 is 0 Å². The predicted octanol–water partition coefficient (Wildman–Crippen LogP) is 6.58. The lowest BCUT2D eigenvalue weighted by molar-refractivity contribution is 0.308. The maximum Gasteiger partial charge on any atom is 0.180 e. The molecule has 0 saturated heterocycles. The molecular weight excluding hydrogens is 524 g/mol. The molecule has 0 radical (unpaired) electrons. The third-order valence-electron chi connectivity index (χ3n) is 6.79. The highest BCUT2D eigenvalue weighted by Gasteiger charge is 2.13. The van der Waals surface area contributed by atoms with Gasteiger partial charge in [-0.25, -0.2) is 9.97 Å². The minimum Gasteiger partial charge on any atom is -0.485 e. The highest BCUT2D eigenvalue weighted by molar-refractivity contribution is 5.57. The summed E-state index contributed by atoms with van der Waals surface area (Å²) in [6.07, 6.45) is 4.51. The van der Waals surface area contributed by atoms with Crippen molar-refractivity contribution < 1.29 is 9.47 Å². The van der Waals surface area contributed by atoms with Crippen molar-refractivity contribution in [2.24, 2.45) is 0 Å². The minimum absolute atomic E-state index is 0.342. The first-order valence-electron chi connectivity index (χ1n) is 13.6. The number of hydrogen-bond acceptors (Lipinski definition) is 6. The molecule has 8 nitrogen and oxygen atoms in total. The van der Waals surface area contributed by atoms with E-state index >= 15 is 0 Å². The summed E-state index contributed by atoms with van der Waals surface area (Å²) in [5, 5.41) is 17.8. The van der Waals surface area contributed by atoms with Gasteiger partial charge in [-0.05, 0) is 49.2 Å². The van der Waals surface area contributed by atoms with Crippen LogP contribution in [0.3, 0.4) is 0 Å². The molecule has 42 heavy (non-hydrogen) atoms. The monoisotopic (exact) mass is 554 g/mol. The quantitative estimate of drug-likeness (QED) is 0.211. The molecule has 0 N–H and O–H groups in total. The van der Waals surface area contributed by atoms with E-state index in [-0.39, 0.29) is 0 Å². The molecule has 0 bridgehead atoms. The van der Waals surface area contributed by atoms with Crippen LogP contribution >= 0.6 is 0 Å². The zero-order chi connectivity index (χ0) is 29.3. The third kappa shape index (κ3) is 6.24. The van der Waals surface area contributed by atoms with Gasteiger partial charge in [0.15, 0.2) is 22.8 Å². The maximum absolute atomic E-state index is 8.92.